The Hall–Kier alpha value is -0.790. The Bertz CT molecular complexity index is 136. The fourth-order valence-electron chi connectivity index (χ4n) is 0.500. The van der Waals surface area contributed by atoms with Gasteiger partial charge in [0, 0.05) is 13.3 Å². The van der Waals surface area contributed by atoms with E-state index in [1.54, 1.807) is 0 Å². The molecule has 0 radical (unpaired) electrons. The molecule has 0 saturated carbocycles. The molecule has 2 heteroatoms. The molecule has 0 rings (SSSR count). The minimum Gasteiger partial charge on any atom is -0.466 e. The Morgan fingerprint density at radius 2 is 2.10 bits per heavy atom. The molecule has 0 fully saturated rings. The van der Waals surface area contributed by atoms with Gasteiger partial charge in [0.15, 0.2) is 0 Å². The lowest BCUT2D eigenvalue weighted by Gasteiger charge is -2.00. The van der Waals surface area contributed by atoms with Gasteiger partial charge >= 0.3 is 5.97 Å². The van der Waals surface area contributed by atoms with E-state index in [9.17, 15) is 4.79 Å². The highest BCUT2D eigenvalue weighted by Crippen LogP contribution is 1.98. The van der Waals surface area contributed by atoms with Crippen molar-refractivity contribution in [2.75, 3.05) is 6.61 Å². The molecule has 0 unspecified atom stereocenters. The summed E-state index contributed by atoms with van der Waals surface area (Å²) in [5, 5.41) is 0. The maximum atomic E-state index is 10.3. The Balaban J connectivity index is 3.29. The average Bonchev–Trinajstić information content (AvgIpc) is 1.87. The molecule has 0 N–H and O–H groups in total. The molecule has 0 aromatic carbocycles. The molecule has 0 aliphatic rings. The van der Waals surface area contributed by atoms with Crippen LogP contribution in [0.1, 0.15) is 27.2 Å². The van der Waals surface area contributed by atoms with Crippen LogP contribution >= 0.6 is 0 Å². The molecule has 0 bridgehead atoms. The fraction of sp³-hybridized carbons (Fsp3) is 0.625. The molecule has 0 aromatic rings. The van der Waals surface area contributed by atoms with Gasteiger partial charge in [0.2, 0.25) is 0 Å². The number of carbonyl (C=O) groups excluding carboxylic acids is 1. The maximum absolute atomic E-state index is 10.3. The van der Waals surface area contributed by atoms with Crippen molar-refractivity contribution in [3.8, 4) is 0 Å². The van der Waals surface area contributed by atoms with E-state index < -0.39 is 0 Å². The number of ether oxygens (including phenoxy) is 1. The third-order valence-corrected chi connectivity index (χ3v) is 1.29. The smallest absolute Gasteiger partial charge is 0.302 e. The topological polar surface area (TPSA) is 26.3 Å². The van der Waals surface area contributed by atoms with Crippen LogP contribution in [0.2, 0.25) is 0 Å². The van der Waals surface area contributed by atoms with Crippen molar-refractivity contribution in [2.24, 2.45) is 0 Å². The van der Waals surface area contributed by atoms with Gasteiger partial charge < -0.3 is 4.74 Å². The number of esters is 1. The van der Waals surface area contributed by atoms with Gasteiger partial charge in [-0.25, -0.2) is 0 Å². The first-order valence-electron chi connectivity index (χ1n) is 3.42. The Labute approximate surface area is 61.9 Å². The Kier molecular flexibility index (Phi) is 4.63. The van der Waals surface area contributed by atoms with Gasteiger partial charge in [0.05, 0.1) is 6.61 Å². The molecular formula is C8H14O2. The van der Waals surface area contributed by atoms with Gasteiger partial charge in [-0.2, -0.15) is 0 Å². The highest BCUT2D eigenvalue weighted by molar-refractivity contribution is 5.65. The summed E-state index contributed by atoms with van der Waals surface area (Å²) in [5.41, 5.74) is 1.25. The molecule has 0 aromatic heterocycles. The number of hydrogen-bond acceptors (Lipinski definition) is 2. The summed E-state index contributed by atoms with van der Waals surface area (Å²) < 4.78 is 4.73. The predicted octanol–water partition coefficient (Wildman–Crippen LogP) is 1.91. The van der Waals surface area contributed by atoms with Crippen molar-refractivity contribution in [1.29, 1.82) is 0 Å². The zero-order valence-corrected chi connectivity index (χ0v) is 6.81. The molecule has 0 saturated heterocycles. The van der Waals surface area contributed by atoms with Crippen molar-refractivity contribution in [2.45, 2.75) is 27.2 Å². The second kappa shape index (κ2) is 5.03. The van der Waals surface area contributed by atoms with Crippen molar-refractivity contribution in [3.63, 3.8) is 0 Å². The van der Waals surface area contributed by atoms with E-state index in [0.29, 0.717) is 6.61 Å². The van der Waals surface area contributed by atoms with Crippen LogP contribution in [0, 0.1) is 0 Å². The Morgan fingerprint density at radius 1 is 1.50 bits per heavy atom. The minimum atomic E-state index is -0.205. The highest BCUT2D eigenvalue weighted by Gasteiger charge is 1.92. The predicted molar refractivity (Wildman–Crippen MR) is 40.7 cm³/mol. The first-order chi connectivity index (χ1) is 4.66. The van der Waals surface area contributed by atoms with Gasteiger partial charge in [-0.3, -0.25) is 4.79 Å². The third-order valence-electron chi connectivity index (χ3n) is 1.29. The second-order valence-corrected chi connectivity index (χ2v) is 2.23. The standard InChI is InChI=1S/C8H14O2/c1-4-7(2)5-6-10-8(3)9/h4H,5-6H2,1-3H3. The summed E-state index contributed by atoms with van der Waals surface area (Å²) in [6.45, 7) is 5.92. The summed E-state index contributed by atoms with van der Waals surface area (Å²) in [4.78, 5) is 10.3. The minimum absolute atomic E-state index is 0.205. The molecule has 10 heavy (non-hydrogen) atoms. The van der Waals surface area contributed by atoms with Gasteiger partial charge in [0.1, 0.15) is 0 Å². The number of hydrogen-bond donors (Lipinski definition) is 0. The fourth-order valence-corrected chi connectivity index (χ4v) is 0.500. The van der Waals surface area contributed by atoms with E-state index in [0.717, 1.165) is 6.42 Å². The van der Waals surface area contributed by atoms with E-state index in [4.69, 9.17) is 4.74 Å². The maximum Gasteiger partial charge on any atom is 0.302 e. The van der Waals surface area contributed by atoms with E-state index in [1.807, 2.05) is 19.9 Å². The molecule has 2 nitrogen and oxygen atoms in total. The number of carbonyl (C=O) groups is 1. The third kappa shape index (κ3) is 5.35. The summed E-state index contributed by atoms with van der Waals surface area (Å²) >= 11 is 0. The first-order valence-corrected chi connectivity index (χ1v) is 3.42. The van der Waals surface area contributed by atoms with Crippen molar-refractivity contribution in [1.82, 2.24) is 0 Å². The summed E-state index contributed by atoms with van der Waals surface area (Å²) in [6, 6.07) is 0. The molecular weight excluding hydrogens is 128 g/mol. The van der Waals surface area contributed by atoms with E-state index >= 15 is 0 Å². The Morgan fingerprint density at radius 3 is 2.50 bits per heavy atom. The monoisotopic (exact) mass is 142 g/mol. The largest absolute Gasteiger partial charge is 0.466 e. The molecule has 0 atom stereocenters. The quantitative estimate of drug-likeness (QED) is 0.444. The van der Waals surface area contributed by atoms with Gasteiger partial charge in [-0.1, -0.05) is 11.6 Å². The zero-order valence-electron chi connectivity index (χ0n) is 6.81. The van der Waals surface area contributed by atoms with Gasteiger partial charge in [-0.15, -0.1) is 0 Å². The van der Waals surface area contributed by atoms with Crippen LogP contribution in [-0.4, -0.2) is 12.6 Å². The average molecular weight is 142 g/mol. The van der Waals surface area contributed by atoms with Crippen LogP contribution in [0.15, 0.2) is 11.6 Å². The van der Waals surface area contributed by atoms with E-state index in [1.165, 1.54) is 12.5 Å². The lowest BCUT2D eigenvalue weighted by molar-refractivity contribution is -0.140. The van der Waals surface area contributed by atoms with Crippen LogP contribution in [0.5, 0.6) is 0 Å². The van der Waals surface area contributed by atoms with E-state index in [2.05, 4.69) is 0 Å². The first kappa shape index (κ1) is 9.21. The summed E-state index contributed by atoms with van der Waals surface area (Å²) in [7, 11) is 0. The molecule has 58 valence electrons. The second-order valence-electron chi connectivity index (χ2n) is 2.23. The SMILES string of the molecule is CC=C(C)CCOC(C)=O. The van der Waals surface area contributed by atoms with Crippen molar-refractivity contribution in [3.05, 3.63) is 11.6 Å². The molecule has 0 aliphatic heterocycles. The summed E-state index contributed by atoms with van der Waals surface area (Å²) in [6.07, 6.45) is 2.86. The molecule has 0 amide bonds. The molecule has 0 aliphatic carbocycles. The van der Waals surface area contributed by atoms with Crippen LogP contribution in [0.4, 0.5) is 0 Å². The molecule has 0 spiro atoms. The highest BCUT2D eigenvalue weighted by atomic mass is 16.5. The van der Waals surface area contributed by atoms with Crippen LogP contribution in [0.25, 0.3) is 0 Å². The van der Waals surface area contributed by atoms with E-state index in [-0.39, 0.29) is 5.97 Å². The van der Waals surface area contributed by atoms with Crippen molar-refractivity contribution < 1.29 is 9.53 Å². The summed E-state index contributed by atoms with van der Waals surface area (Å²) in [5.74, 6) is -0.205. The number of rotatable bonds is 3. The van der Waals surface area contributed by atoms with Gasteiger partial charge in [-0.05, 0) is 13.8 Å². The van der Waals surface area contributed by atoms with Crippen LogP contribution in [-0.2, 0) is 9.53 Å². The zero-order chi connectivity index (χ0) is 7.98. The van der Waals surface area contributed by atoms with Crippen LogP contribution < -0.4 is 0 Å². The normalized spacial score (nSPS) is 11.3. The van der Waals surface area contributed by atoms with Crippen molar-refractivity contribution >= 4 is 5.97 Å². The number of allylic oxidation sites excluding steroid dienone is 1. The van der Waals surface area contributed by atoms with Gasteiger partial charge in [0.25, 0.3) is 0 Å². The van der Waals surface area contributed by atoms with Crippen LogP contribution in [0.3, 0.4) is 0 Å². The lowest BCUT2D eigenvalue weighted by Crippen LogP contribution is -2.00. The molecule has 0 heterocycles. The lowest BCUT2D eigenvalue weighted by atomic mass is 10.2.